The summed E-state index contributed by atoms with van der Waals surface area (Å²) in [7, 11) is 0. The fraction of sp³-hybridized carbons (Fsp3) is 0.222. The summed E-state index contributed by atoms with van der Waals surface area (Å²) in [6.07, 6.45) is 6.62. The summed E-state index contributed by atoms with van der Waals surface area (Å²) >= 11 is 0. The van der Waals surface area contributed by atoms with Crippen LogP contribution in [0.25, 0.3) is 0 Å². The van der Waals surface area contributed by atoms with Crippen molar-refractivity contribution < 1.29 is 14.7 Å². The minimum atomic E-state index is -0.997. The van der Waals surface area contributed by atoms with E-state index in [0.717, 1.165) is 0 Å². The number of aliphatic imine (C=N–C) groups is 1. The number of aliphatic carboxylic acids is 1. The molecule has 0 aromatic rings. The van der Waals surface area contributed by atoms with Crippen molar-refractivity contribution in [1.82, 2.24) is 4.90 Å². The minimum absolute atomic E-state index is 0.218. The highest BCUT2D eigenvalue weighted by Gasteiger charge is 2.34. The van der Waals surface area contributed by atoms with Gasteiger partial charge in [-0.1, -0.05) is 6.08 Å². The van der Waals surface area contributed by atoms with E-state index in [4.69, 9.17) is 5.11 Å². The lowest BCUT2D eigenvalue weighted by Gasteiger charge is -2.21. The van der Waals surface area contributed by atoms with Crippen molar-refractivity contribution in [2.45, 2.75) is 12.5 Å². The molecule has 5 nitrogen and oxygen atoms in total. The second kappa shape index (κ2) is 3.10. The van der Waals surface area contributed by atoms with Gasteiger partial charge < -0.3 is 10.0 Å². The van der Waals surface area contributed by atoms with Gasteiger partial charge in [0.25, 0.3) is 5.91 Å². The molecule has 0 unspecified atom stereocenters. The normalized spacial score (nSPS) is 23.7. The number of nitrogens with zero attached hydrogens (tertiary/aromatic N) is 2. The molecule has 0 spiro atoms. The van der Waals surface area contributed by atoms with Gasteiger partial charge in [-0.3, -0.25) is 9.59 Å². The van der Waals surface area contributed by atoms with Crippen molar-refractivity contribution in [3.8, 4) is 0 Å². The first-order chi connectivity index (χ1) is 6.68. The number of amides is 1. The van der Waals surface area contributed by atoms with Crippen molar-refractivity contribution >= 4 is 17.7 Å². The third kappa shape index (κ3) is 1.32. The van der Waals surface area contributed by atoms with Crippen LogP contribution in [0.5, 0.6) is 0 Å². The lowest BCUT2D eigenvalue weighted by Crippen LogP contribution is -2.35. The van der Waals surface area contributed by atoms with Crippen LogP contribution in [0.3, 0.4) is 0 Å². The molecule has 2 aliphatic rings. The Morgan fingerprint density at radius 3 is 3.07 bits per heavy atom. The zero-order valence-electron chi connectivity index (χ0n) is 7.25. The van der Waals surface area contributed by atoms with Gasteiger partial charge in [-0.2, -0.15) is 4.99 Å². The molecule has 0 fully saturated rings. The molecule has 0 radical (unpaired) electrons. The average molecular weight is 192 g/mol. The summed E-state index contributed by atoms with van der Waals surface area (Å²) < 4.78 is 0. The number of hydrogen-bond acceptors (Lipinski definition) is 3. The van der Waals surface area contributed by atoms with Gasteiger partial charge >= 0.3 is 5.97 Å². The highest BCUT2D eigenvalue weighted by atomic mass is 16.4. The molecule has 14 heavy (non-hydrogen) atoms. The molecule has 5 heteroatoms. The predicted molar refractivity (Wildman–Crippen MR) is 48.6 cm³/mol. The molecule has 2 aliphatic heterocycles. The van der Waals surface area contributed by atoms with E-state index < -0.39 is 17.9 Å². The zero-order valence-corrected chi connectivity index (χ0v) is 7.25. The van der Waals surface area contributed by atoms with Crippen molar-refractivity contribution in [2.24, 2.45) is 4.99 Å². The van der Waals surface area contributed by atoms with Crippen LogP contribution in [0.1, 0.15) is 6.42 Å². The molecule has 1 amide bonds. The molecule has 0 saturated heterocycles. The standard InChI is InChI=1S/C9H8N2O3/c12-8(13)5-6-9(14)10-7-3-1-2-4-11(6)7/h1-4,6H,5H2,(H,12,13)/t6-/m0/s1. The molecule has 0 bridgehead atoms. The van der Waals surface area contributed by atoms with Crippen molar-refractivity contribution in [1.29, 1.82) is 0 Å². The smallest absolute Gasteiger partial charge is 0.306 e. The average Bonchev–Trinajstić information content (AvgIpc) is 2.43. The molecule has 0 aliphatic carbocycles. The predicted octanol–water partition coefficient (Wildman–Crippen LogP) is 0.154. The summed E-state index contributed by atoms with van der Waals surface area (Å²) in [5.41, 5.74) is 0. The maximum atomic E-state index is 11.3. The van der Waals surface area contributed by atoms with Gasteiger partial charge in [-0.05, 0) is 12.2 Å². The second-order valence-corrected chi connectivity index (χ2v) is 3.03. The van der Waals surface area contributed by atoms with Gasteiger partial charge in [0.15, 0.2) is 0 Å². The lowest BCUT2D eigenvalue weighted by molar-refractivity contribution is -0.139. The molecular formula is C9H8N2O3. The first-order valence-corrected chi connectivity index (χ1v) is 4.16. The number of rotatable bonds is 2. The van der Waals surface area contributed by atoms with Crippen molar-refractivity contribution in [3.05, 3.63) is 24.4 Å². The Morgan fingerprint density at radius 1 is 1.57 bits per heavy atom. The number of amidine groups is 1. The number of fused-ring (bicyclic) bond motifs is 1. The van der Waals surface area contributed by atoms with Crippen LogP contribution in [-0.4, -0.2) is 33.8 Å². The maximum Gasteiger partial charge on any atom is 0.306 e. The molecule has 2 heterocycles. The van der Waals surface area contributed by atoms with Crippen LogP contribution in [0.15, 0.2) is 29.4 Å². The Morgan fingerprint density at radius 2 is 2.36 bits per heavy atom. The third-order valence-corrected chi connectivity index (χ3v) is 2.08. The van der Waals surface area contributed by atoms with Crippen LogP contribution < -0.4 is 0 Å². The number of allylic oxidation sites excluding steroid dienone is 2. The summed E-state index contributed by atoms with van der Waals surface area (Å²) in [6.45, 7) is 0. The van der Waals surface area contributed by atoms with Crippen LogP contribution in [0.4, 0.5) is 0 Å². The largest absolute Gasteiger partial charge is 0.481 e. The topological polar surface area (TPSA) is 70.0 Å². The Balaban J connectivity index is 2.22. The lowest BCUT2D eigenvalue weighted by atomic mass is 10.2. The van der Waals surface area contributed by atoms with E-state index in [1.165, 1.54) is 0 Å². The van der Waals surface area contributed by atoms with Gasteiger partial charge in [-0.15, -0.1) is 0 Å². The Kier molecular flexibility index (Phi) is 1.92. The fourth-order valence-electron chi connectivity index (χ4n) is 1.46. The third-order valence-electron chi connectivity index (χ3n) is 2.08. The van der Waals surface area contributed by atoms with E-state index in [1.807, 2.05) is 0 Å². The van der Waals surface area contributed by atoms with Gasteiger partial charge in [0, 0.05) is 6.20 Å². The van der Waals surface area contributed by atoms with Crippen LogP contribution in [-0.2, 0) is 9.59 Å². The van der Waals surface area contributed by atoms with E-state index in [1.54, 1.807) is 29.3 Å². The minimum Gasteiger partial charge on any atom is -0.481 e. The Labute approximate surface area is 80.0 Å². The first kappa shape index (κ1) is 8.68. The molecule has 2 rings (SSSR count). The molecule has 0 saturated carbocycles. The van der Waals surface area contributed by atoms with Gasteiger partial charge in [0.2, 0.25) is 0 Å². The first-order valence-electron chi connectivity index (χ1n) is 4.16. The maximum absolute atomic E-state index is 11.3. The Hall–Kier alpha value is -1.91. The SMILES string of the molecule is O=C(O)C[C@H]1C(=O)N=C2C=CC=CN21. The molecule has 0 aromatic carbocycles. The monoisotopic (exact) mass is 192 g/mol. The zero-order chi connectivity index (χ0) is 10.1. The molecule has 1 N–H and O–H groups in total. The van der Waals surface area contributed by atoms with E-state index in [2.05, 4.69) is 4.99 Å². The van der Waals surface area contributed by atoms with Crippen LogP contribution in [0, 0.1) is 0 Å². The summed E-state index contributed by atoms with van der Waals surface area (Å²) in [4.78, 5) is 27.1. The van der Waals surface area contributed by atoms with Crippen LogP contribution >= 0.6 is 0 Å². The number of carboxylic acid groups (broad SMARTS) is 1. The van der Waals surface area contributed by atoms with Gasteiger partial charge in [-0.25, -0.2) is 0 Å². The number of carboxylic acids is 1. The second-order valence-electron chi connectivity index (χ2n) is 3.03. The fourth-order valence-corrected chi connectivity index (χ4v) is 1.46. The molecule has 72 valence electrons. The summed E-state index contributed by atoms with van der Waals surface area (Å²) in [5.74, 6) is -0.870. The summed E-state index contributed by atoms with van der Waals surface area (Å²) in [6, 6.07) is -0.677. The van der Waals surface area contributed by atoms with E-state index in [0.29, 0.717) is 5.84 Å². The highest BCUT2D eigenvalue weighted by Crippen LogP contribution is 2.18. The van der Waals surface area contributed by atoms with E-state index in [9.17, 15) is 9.59 Å². The van der Waals surface area contributed by atoms with Crippen molar-refractivity contribution in [3.63, 3.8) is 0 Å². The summed E-state index contributed by atoms with van der Waals surface area (Å²) in [5, 5.41) is 8.61. The highest BCUT2D eigenvalue weighted by molar-refractivity contribution is 6.10. The van der Waals surface area contributed by atoms with Crippen LogP contribution in [0.2, 0.25) is 0 Å². The van der Waals surface area contributed by atoms with E-state index >= 15 is 0 Å². The molecular weight excluding hydrogens is 184 g/mol. The van der Waals surface area contributed by atoms with Gasteiger partial charge in [0.05, 0.1) is 6.42 Å². The quantitative estimate of drug-likeness (QED) is 0.676. The number of carbonyl (C=O) groups is 2. The molecule has 1 atom stereocenters. The number of carbonyl (C=O) groups excluding carboxylic acids is 1. The Bertz CT molecular complexity index is 382. The molecule has 0 aromatic heterocycles. The van der Waals surface area contributed by atoms with Gasteiger partial charge in [0.1, 0.15) is 11.9 Å². The van der Waals surface area contributed by atoms with Crippen molar-refractivity contribution in [2.75, 3.05) is 0 Å². The van der Waals surface area contributed by atoms with E-state index in [-0.39, 0.29) is 6.42 Å². The number of hydrogen-bond donors (Lipinski definition) is 1.